The third-order valence-electron chi connectivity index (χ3n) is 5.35. The van der Waals surface area contributed by atoms with Gasteiger partial charge >= 0.3 is 0 Å². The Morgan fingerprint density at radius 1 is 1.19 bits per heavy atom. The van der Waals surface area contributed by atoms with Gasteiger partial charge in [-0.1, -0.05) is 0 Å². The Kier molecular flexibility index (Phi) is 3.31. The lowest BCUT2D eigenvalue weighted by atomic mass is 9.95. The number of aromatic nitrogens is 1. The highest BCUT2D eigenvalue weighted by Gasteiger charge is 2.37. The molecule has 0 aromatic carbocycles. The summed E-state index contributed by atoms with van der Waals surface area (Å²) in [7, 11) is 0. The summed E-state index contributed by atoms with van der Waals surface area (Å²) in [6.45, 7) is 2.43. The summed E-state index contributed by atoms with van der Waals surface area (Å²) in [4.78, 5) is 7.40. The molecule has 2 aliphatic heterocycles. The Morgan fingerprint density at radius 3 is 3.00 bits per heavy atom. The highest BCUT2D eigenvalue weighted by atomic mass is 15.2. The van der Waals surface area contributed by atoms with Crippen LogP contribution in [0.25, 0.3) is 0 Å². The molecule has 0 bridgehead atoms. The number of aryl methyl sites for hydroxylation is 2. The standard InChI is InChI=1S/C17H22N4/c18-11-13-10-12-4-1-2-5-14(12)19-17(13)20-15-7-9-21-8-3-6-16(15)21/h10,15-16H,1-9H2,(H,19,20). The van der Waals surface area contributed by atoms with Crippen molar-refractivity contribution >= 4 is 5.82 Å². The number of nitriles is 1. The molecule has 0 amide bonds. The quantitative estimate of drug-likeness (QED) is 0.905. The topological polar surface area (TPSA) is 52.0 Å². The van der Waals surface area contributed by atoms with Gasteiger partial charge in [-0.2, -0.15) is 5.26 Å². The second-order valence-corrected chi connectivity index (χ2v) is 6.59. The van der Waals surface area contributed by atoms with E-state index in [1.807, 2.05) is 0 Å². The van der Waals surface area contributed by atoms with E-state index in [0.29, 0.717) is 12.1 Å². The average Bonchev–Trinajstić information content (AvgIpc) is 3.11. The predicted octanol–water partition coefficient (Wildman–Crippen LogP) is 2.48. The molecule has 2 saturated heterocycles. The van der Waals surface area contributed by atoms with Gasteiger partial charge in [0.05, 0.1) is 5.56 Å². The lowest BCUT2D eigenvalue weighted by molar-refractivity contribution is 0.318. The highest BCUT2D eigenvalue weighted by molar-refractivity contribution is 5.55. The van der Waals surface area contributed by atoms with Gasteiger partial charge in [-0.15, -0.1) is 0 Å². The van der Waals surface area contributed by atoms with Gasteiger partial charge in [0.1, 0.15) is 11.9 Å². The van der Waals surface area contributed by atoms with E-state index in [0.717, 1.165) is 24.2 Å². The minimum atomic E-state index is 0.466. The molecular formula is C17H22N4. The van der Waals surface area contributed by atoms with Crippen molar-refractivity contribution < 1.29 is 0 Å². The van der Waals surface area contributed by atoms with E-state index in [9.17, 15) is 5.26 Å². The molecule has 2 atom stereocenters. The molecular weight excluding hydrogens is 260 g/mol. The van der Waals surface area contributed by atoms with E-state index in [-0.39, 0.29) is 0 Å². The van der Waals surface area contributed by atoms with E-state index in [2.05, 4.69) is 22.4 Å². The Morgan fingerprint density at radius 2 is 2.10 bits per heavy atom. The zero-order chi connectivity index (χ0) is 14.2. The first-order chi connectivity index (χ1) is 10.3. The summed E-state index contributed by atoms with van der Waals surface area (Å²) in [6.07, 6.45) is 8.37. The molecule has 4 nitrogen and oxygen atoms in total. The molecule has 110 valence electrons. The van der Waals surface area contributed by atoms with Gasteiger partial charge in [-0.25, -0.2) is 4.98 Å². The molecule has 3 heterocycles. The summed E-state index contributed by atoms with van der Waals surface area (Å²) in [5.74, 6) is 0.830. The Labute approximate surface area is 126 Å². The number of nitrogens with zero attached hydrogens (tertiary/aromatic N) is 3. The second kappa shape index (κ2) is 5.31. The number of hydrogen-bond acceptors (Lipinski definition) is 4. The van der Waals surface area contributed by atoms with Gasteiger partial charge in [0.15, 0.2) is 0 Å². The molecule has 4 heteroatoms. The molecule has 1 N–H and O–H groups in total. The van der Waals surface area contributed by atoms with Crippen molar-refractivity contribution in [1.82, 2.24) is 9.88 Å². The van der Waals surface area contributed by atoms with Gasteiger partial charge in [0.2, 0.25) is 0 Å². The first-order valence-electron chi connectivity index (χ1n) is 8.28. The van der Waals surface area contributed by atoms with Crippen LogP contribution in [0, 0.1) is 11.3 Å². The third-order valence-corrected chi connectivity index (χ3v) is 5.35. The number of rotatable bonds is 2. The van der Waals surface area contributed by atoms with Crippen LogP contribution in [0.15, 0.2) is 6.07 Å². The van der Waals surface area contributed by atoms with Crippen molar-refractivity contribution in [2.24, 2.45) is 0 Å². The molecule has 1 aromatic heterocycles. The zero-order valence-corrected chi connectivity index (χ0v) is 12.4. The lowest BCUT2D eigenvalue weighted by Gasteiger charge is -2.23. The number of pyridine rings is 1. The number of nitrogens with one attached hydrogen (secondary N) is 1. The van der Waals surface area contributed by atoms with E-state index in [1.165, 1.54) is 56.5 Å². The first kappa shape index (κ1) is 13.1. The maximum Gasteiger partial charge on any atom is 0.144 e. The fourth-order valence-electron chi connectivity index (χ4n) is 4.26. The third kappa shape index (κ3) is 2.30. The number of anilines is 1. The Balaban J connectivity index is 1.61. The smallest absolute Gasteiger partial charge is 0.144 e. The van der Waals surface area contributed by atoms with Gasteiger partial charge < -0.3 is 5.32 Å². The molecule has 0 spiro atoms. The van der Waals surface area contributed by atoms with Crippen molar-refractivity contribution in [3.05, 3.63) is 22.9 Å². The first-order valence-corrected chi connectivity index (χ1v) is 8.28. The maximum atomic E-state index is 9.44. The summed E-state index contributed by atoms with van der Waals surface area (Å²) in [6, 6.07) is 5.53. The molecule has 0 saturated carbocycles. The van der Waals surface area contributed by atoms with Gasteiger partial charge in [0.25, 0.3) is 0 Å². The lowest BCUT2D eigenvalue weighted by Crippen LogP contribution is -2.34. The van der Waals surface area contributed by atoms with Crippen molar-refractivity contribution in [3.8, 4) is 6.07 Å². The molecule has 0 radical (unpaired) electrons. The number of fused-ring (bicyclic) bond motifs is 2. The molecule has 21 heavy (non-hydrogen) atoms. The van der Waals surface area contributed by atoms with E-state index >= 15 is 0 Å². The van der Waals surface area contributed by atoms with Crippen molar-refractivity contribution in [1.29, 1.82) is 5.26 Å². The minimum Gasteiger partial charge on any atom is -0.365 e. The fraction of sp³-hybridized carbons (Fsp3) is 0.647. The molecule has 3 aliphatic rings. The van der Waals surface area contributed by atoms with Crippen LogP contribution in [0.2, 0.25) is 0 Å². The molecule has 1 aromatic rings. The largest absolute Gasteiger partial charge is 0.365 e. The average molecular weight is 282 g/mol. The van der Waals surface area contributed by atoms with Crippen molar-refractivity contribution in [3.63, 3.8) is 0 Å². The molecule has 2 fully saturated rings. The zero-order valence-electron chi connectivity index (χ0n) is 12.4. The summed E-state index contributed by atoms with van der Waals surface area (Å²) in [5.41, 5.74) is 3.23. The van der Waals surface area contributed by atoms with E-state index < -0.39 is 0 Å². The SMILES string of the molecule is N#Cc1cc2c(nc1NC1CCN3CCCC13)CCCC2. The number of hydrogen-bond donors (Lipinski definition) is 1. The second-order valence-electron chi connectivity index (χ2n) is 6.59. The highest BCUT2D eigenvalue weighted by Crippen LogP contribution is 2.31. The van der Waals surface area contributed by atoms with Crippen LogP contribution < -0.4 is 5.32 Å². The van der Waals surface area contributed by atoms with Crippen molar-refractivity contribution in [2.45, 2.75) is 57.0 Å². The van der Waals surface area contributed by atoms with E-state index in [1.54, 1.807) is 0 Å². The van der Waals surface area contributed by atoms with Gasteiger partial charge in [-0.05, 0) is 63.1 Å². The minimum absolute atomic E-state index is 0.466. The Bertz CT molecular complexity index is 589. The van der Waals surface area contributed by atoms with Crippen LogP contribution in [0.4, 0.5) is 5.82 Å². The van der Waals surface area contributed by atoms with Crippen LogP contribution in [-0.4, -0.2) is 35.1 Å². The van der Waals surface area contributed by atoms with Gasteiger partial charge in [0, 0.05) is 24.3 Å². The van der Waals surface area contributed by atoms with Crippen LogP contribution >= 0.6 is 0 Å². The maximum absolute atomic E-state index is 9.44. The van der Waals surface area contributed by atoms with Gasteiger partial charge in [-0.3, -0.25) is 4.90 Å². The summed E-state index contributed by atoms with van der Waals surface area (Å²) < 4.78 is 0. The van der Waals surface area contributed by atoms with E-state index in [4.69, 9.17) is 4.98 Å². The predicted molar refractivity (Wildman–Crippen MR) is 82.2 cm³/mol. The van der Waals surface area contributed by atoms with Crippen molar-refractivity contribution in [2.75, 3.05) is 18.4 Å². The molecule has 2 unspecified atom stereocenters. The van der Waals surface area contributed by atoms with Crippen LogP contribution in [0.3, 0.4) is 0 Å². The monoisotopic (exact) mass is 282 g/mol. The normalized spacial score (nSPS) is 28.0. The Hall–Kier alpha value is -1.60. The summed E-state index contributed by atoms with van der Waals surface area (Å²) in [5, 5.41) is 13.0. The van der Waals surface area contributed by atoms with Crippen LogP contribution in [-0.2, 0) is 12.8 Å². The fourth-order valence-corrected chi connectivity index (χ4v) is 4.26. The molecule has 1 aliphatic carbocycles. The molecule has 4 rings (SSSR count). The summed E-state index contributed by atoms with van der Waals surface area (Å²) >= 11 is 0. The van der Waals surface area contributed by atoms with Crippen LogP contribution in [0.1, 0.15) is 48.9 Å². The van der Waals surface area contributed by atoms with Crippen LogP contribution in [0.5, 0.6) is 0 Å².